The van der Waals surface area contributed by atoms with Crippen molar-refractivity contribution in [3.05, 3.63) is 0 Å². The second kappa shape index (κ2) is 6.68. The van der Waals surface area contributed by atoms with E-state index in [2.05, 4.69) is 10.6 Å². The van der Waals surface area contributed by atoms with Crippen LogP contribution in [0.5, 0.6) is 0 Å². The Morgan fingerprint density at radius 2 is 2.05 bits per heavy atom. The summed E-state index contributed by atoms with van der Waals surface area (Å²) in [5.74, 6) is -3.04. The van der Waals surface area contributed by atoms with Crippen molar-refractivity contribution in [1.29, 1.82) is 0 Å². The fourth-order valence-electron chi connectivity index (χ4n) is 1.77. The molecule has 1 rings (SSSR count). The van der Waals surface area contributed by atoms with Crippen molar-refractivity contribution in [2.24, 2.45) is 5.73 Å². The highest BCUT2D eigenvalue weighted by Gasteiger charge is 2.37. The zero-order chi connectivity index (χ0) is 16.2. The number of nitrogens with two attached hydrogens (primary N) is 1. The van der Waals surface area contributed by atoms with Gasteiger partial charge in [0.05, 0.1) is 6.42 Å². The Morgan fingerprint density at radius 3 is 2.48 bits per heavy atom. The second-order valence-corrected chi connectivity index (χ2v) is 4.56. The van der Waals surface area contributed by atoms with Crippen molar-refractivity contribution in [1.82, 2.24) is 15.5 Å². The van der Waals surface area contributed by atoms with Crippen LogP contribution >= 0.6 is 0 Å². The lowest BCUT2D eigenvalue weighted by atomic mass is 10.1. The van der Waals surface area contributed by atoms with Crippen LogP contribution in [0.15, 0.2) is 0 Å². The number of hydrogen-bond acceptors (Lipinski definition) is 5. The molecule has 10 heteroatoms. The first-order valence-corrected chi connectivity index (χ1v) is 6.11. The normalized spacial score (nSPS) is 19.3. The highest BCUT2D eigenvalue weighted by molar-refractivity contribution is 6.06. The van der Waals surface area contributed by atoms with Gasteiger partial charge in [0.15, 0.2) is 0 Å². The molecule has 0 spiro atoms. The van der Waals surface area contributed by atoms with E-state index in [1.165, 1.54) is 7.05 Å². The van der Waals surface area contributed by atoms with Gasteiger partial charge in [-0.15, -0.1) is 0 Å². The summed E-state index contributed by atoms with van der Waals surface area (Å²) >= 11 is 0. The first-order chi connectivity index (χ1) is 9.72. The van der Waals surface area contributed by atoms with Crippen molar-refractivity contribution in [3.8, 4) is 0 Å². The Labute approximate surface area is 119 Å². The lowest BCUT2D eigenvalue weighted by molar-refractivity contribution is -0.139. The van der Waals surface area contributed by atoms with E-state index in [0.717, 1.165) is 4.90 Å². The quantitative estimate of drug-likeness (QED) is 0.406. The largest absolute Gasteiger partial charge is 0.480 e. The van der Waals surface area contributed by atoms with Crippen molar-refractivity contribution >= 4 is 29.7 Å². The van der Waals surface area contributed by atoms with Gasteiger partial charge in [0.2, 0.25) is 11.8 Å². The van der Waals surface area contributed by atoms with Gasteiger partial charge in [-0.3, -0.25) is 19.3 Å². The van der Waals surface area contributed by atoms with E-state index >= 15 is 0 Å². The number of nitrogens with one attached hydrogen (secondary N) is 2. The van der Waals surface area contributed by atoms with Gasteiger partial charge in [0.25, 0.3) is 5.91 Å². The van der Waals surface area contributed by atoms with Crippen molar-refractivity contribution in [2.75, 3.05) is 7.05 Å². The van der Waals surface area contributed by atoms with E-state index in [4.69, 9.17) is 10.8 Å². The van der Waals surface area contributed by atoms with Gasteiger partial charge in [0, 0.05) is 13.5 Å². The molecule has 0 bridgehead atoms. The molecular weight excluding hydrogens is 284 g/mol. The van der Waals surface area contributed by atoms with Crippen LogP contribution in [0.2, 0.25) is 0 Å². The van der Waals surface area contributed by atoms with Crippen LogP contribution in [0.1, 0.15) is 19.3 Å². The van der Waals surface area contributed by atoms with Gasteiger partial charge in [-0.05, 0) is 6.42 Å². The van der Waals surface area contributed by atoms with E-state index < -0.39 is 41.8 Å². The minimum Gasteiger partial charge on any atom is -0.480 e. The van der Waals surface area contributed by atoms with Crippen LogP contribution in [-0.2, 0) is 19.2 Å². The SMILES string of the molecule is CN1C(=O)CC(NC(=O)N[C@@H](CCC(N)=O)C(=O)O)C1=O. The number of hydrogen-bond donors (Lipinski definition) is 4. The molecule has 0 aromatic rings. The maximum absolute atomic E-state index is 11.6. The number of likely N-dealkylation sites (tertiary alicyclic amines) is 1. The standard InChI is InChI=1S/C11H16N4O6/c1-15-8(17)4-6(9(15)18)14-11(21)13-5(10(19)20)2-3-7(12)16/h5-6H,2-4H2,1H3,(H2,12,16)(H,19,20)(H2,13,14,21)/t5-,6?/m0/s1. The number of imide groups is 1. The van der Waals surface area contributed by atoms with Gasteiger partial charge < -0.3 is 21.5 Å². The Bertz CT molecular complexity index is 491. The molecule has 5 N–H and O–H groups in total. The minimum absolute atomic E-state index is 0.171. The second-order valence-electron chi connectivity index (χ2n) is 4.56. The van der Waals surface area contributed by atoms with Gasteiger partial charge in [-0.25, -0.2) is 9.59 Å². The summed E-state index contributed by atoms with van der Waals surface area (Å²) in [7, 11) is 1.29. The predicted octanol–water partition coefficient (Wildman–Crippen LogP) is -2.24. The predicted molar refractivity (Wildman–Crippen MR) is 67.7 cm³/mol. The number of nitrogens with zero attached hydrogens (tertiary/aromatic N) is 1. The van der Waals surface area contributed by atoms with E-state index in [-0.39, 0.29) is 19.3 Å². The van der Waals surface area contributed by atoms with Crippen LogP contribution in [0.3, 0.4) is 0 Å². The number of likely N-dealkylation sites (N-methyl/N-ethyl adjacent to an activating group) is 1. The average Bonchev–Trinajstić information content (AvgIpc) is 2.61. The highest BCUT2D eigenvalue weighted by Crippen LogP contribution is 2.10. The van der Waals surface area contributed by atoms with Gasteiger partial charge >= 0.3 is 12.0 Å². The fraction of sp³-hybridized carbons (Fsp3) is 0.545. The van der Waals surface area contributed by atoms with Crippen LogP contribution < -0.4 is 16.4 Å². The molecule has 1 saturated heterocycles. The van der Waals surface area contributed by atoms with Gasteiger partial charge in [-0.1, -0.05) is 0 Å². The van der Waals surface area contributed by atoms with E-state index in [9.17, 15) is 24.0 Å². The molecule has 1 heterocycles. The molecule has 5 amide bonds. The van der Waals surface area contributed by atoms with E-state index in [1.807, 2.05) is 0 Å². The summed E-state index contributed by atoms with van der Waals surface area (Å²) in [6.45, 7) is 0. The van der Waals surface area contributed by atoms with Crippen LogP contribution in [0.4, 0.5) is 4.79 Å². The lowest BCUT2D eigenvalue weighted by Gasteiger charge is -2.16. The average molecular weight is 300 g/mol. The number of carboxylic acid groups (broad SMARTS) is 1. The molecule has 21 heavy (non-hydrogen) atoms. The first-order valence-electron chi connectivity index (χ1n) is 6.11. The Kier molecular flexibility index (Phi) is 5.22. The van der Waals surface area contributed by atoms with E-state index in [1.54, 1.807) is 0 Å². The number of carbonyl (C=O) groups is 5. The molecule has 116 valence electrons. The molecule has 10 nitrogen and oxygen atoms in total. The molecule has 2 atom stereocenters. The number of primary amides is 1. The maximum atomic E-state index is 11.6. The number of rotatable bonds is 6. The summed E-state index contributed by atoms with van der Waals surface area (Å²) < 4.78 is 0. The van der Waals surface area contributed by atoms with Crippen LogP contribution in [-0.4, -0.2) is 58.9 Å². The summed E-state index contributed by atoms with van der Waals surface area (Å²) in [5, 5.41) is 13.2. The summed E-state index contributed by atoms with van der Waals surface area (Å²) in [5.41, 5.74) is 4.90. The molecule has 0 saturated carbocycles. The molecule has 0 radical (unpaired) electrons. The first kappa shape index (κ1) is 16.4. The monoisotopic (exact) mass is 300 g/mol. The minimum atomic E-state index is -1.34. The number of aliphatic carboxylic acids is 1. The Hall–Kier alpha value is -2.65. The third kappa shape index (κ3) is 4.44. The maximum Gasteiger partial charge on any atom is 0.326 e. The topological polar surface area (TPSA) is 159 Å². The fourth-order valence-corrected chi connectivity index (χ4v) is 1.77. The smallest absolute Gasteiger partial charge is 0.326 e. The highest BCUT2D eigenvalue weighted by atomic mass is 16.4. The molecular formula is C11H16N4O6. The molecule has 0 aromatic heterocycles. The molecule has 0 aromatic carbocycles. The molecule has 1 aliphatic heterocycles. The molecule has 0 aliphatic carbocycles. The zero-order valence-electron chi connectivity index (χ0n) is 11.3. The lowest BCUT2D eigenvalue weighted by Crippen LogP contribution is -2.50. The van der Waals surface area contributed by atoms with Gasteiger partial charge in [-0.2, -0.15) is 0 Å². The van der Waals surface area contributed by atoms with Crippen molar-refractivity contribution in [3.63, 3.8) is 0 Å². The Balaban J connectivity index is 2.54. The molecule has 1 aliphatic rings. The summed E-state index contributed by atoms with van der Waals surface area (Å²) in [4.78, 5) is 56.9. The Morgan fingerprint density at radius 1 is 1.43 bits per heavy atom. The van der Waals surface area contributed by atoms with Crippen LogP contribution in [0.25, 0.3) is 0 Å². The number of carboxylic acids is 1. The molecule has 1 fully saturated rings. The number of urea groups is 1. The van der Waals surface area contributed by atoms with Crippen molar-refractivity contribution < 1.29 is 29.1 Å². The third-order valence-electron chi connectivity index (χ3n) is 2.97. The van der Waals surface area contributed by atoms with E-state index in [0.29, 0.717) is 0 Å². The number of carbonyl (C=O) groups excluding carboxylic acids is 4. The van der Waals surface area contributed by atoms with Gasteiger partial charge in [0.1, 0.15) is 12.1 Å². The summed E-state index contributed by atoms with van der Waals surface area (Å²) in [6, 6.07) is -3.25. The third-order valence-corrected chi connectivity index (χ3v) is 2.97. The summed E-state index contributed by atoms with van der Waals surface area (Å²) in [6.07, 6.45) is -0.557. The number of amides is 5. The molecule has 1 unspecified atom stereocenters. The van der Waals surface area contributed by atoms with Crippen LogP contribution in [0, 0.1) is 0 Å². The zero-order valence-corrected chi connectivity index (χ0v) is 11.3. The van der Waals surface area contributed by atoms with Crippen molar-refractivity contribution in [2.45, 2.75) is 31.3 Å².